The van der Waals surface area contributed by atoms with E-state index in [1.165, 1.54) is 7.11 Å². The molecule has 0 aliphatic carbocycles. The molecule has 0 N–H and O–H groups in total. The highest BCUT2D eigenvalue weighted by Crippen LogP contribution is 2.25. The minimum Gasteiger partial charge on any atom is -0.496 e. The average molecular weight is 206 g/mol. The minimum atomic E-state index is -0.200. The predicted molar refractivity (Wildman–Crippen MR) is 57.5 cm³/mol. The van der Waals surface area contributed by atoms with Crippen molar-refractivity contribution in [1.29, 1.82) is 0 Å². The van der Waals surface area contributed by atoms with Crippen molar-refractivity contribution in [3.8, 4) is 5.75 Å². The van der Waals surface area contributed by atoms with E-state index < -0.39 is 0 Å². The van der Waals surface area contributed by atoms with Gasteiger partial charge in [0.15, 0.2) is 5.78 Å². The van der Waals surface area contributed by atoms with Crippen LogP contribution in [-0.4, -0.2) is 19.2 Å². The van der Waals surface area contributed by atoms with Crippen molar-refractivity contribution in [2.45, 2.75) is 20.3 Å². The van der Waals surface area contributed by atoms with Gasteiger partial charge in [0.25, 0.3) is 0 Å². The first-order valence-corrected chi connectivity index (χ1v) is 4.72. The fourth-order valence-electron chi connectivity index (χ4n) is 1.62. The number of ketones is 1. The fourth-order valence-corrected chi connectivity index (χ4v) is 1.62. The molecule has 15 heavy (non-hydrogen) atoms. The highest BCUT2D eigenvalue weighted by Gasteiger charge is 2.14. The fraction of sp³-hybridized carbons (Fsp3) is 0.333. The highest BCUT2D eigenvalue weighted by atomic mass is 16.5. The standard InChI is InChI=1S/C12H14O3/c1-8-6-9(2)12(15-3)10(7-8)11(14)4-5-13/h5-7H,4H2,1-3H3. The van der Waals surface area contributed by atoms with Crippen LogP contribution in [0.3, 0.4) is 0 Å². The van der Waals surface area contributed by atoms with Crippen molar-refractivity contribution in [3.05, 3.63) is 28.8 Å². The number of benzene rings is 1. The molecular weight excluding hydrogens is 192 g/mol. The largest absolute Gasteiger partial charge is 0.496 e. The van der Waals surface area contributed by atoms with Gasteiger partial charge < -0.3 is 9.53 Å². The summed E-state index contributed by atoms with van der Waals surface area (Å²) < 4.78 is 5.16. The molecule has 80 valence electrons. The summed E-state index contributed by atoms with van der Waals surface area (Å²) in [6, 6.07) is 3.69. The predicted octanol–water partition coefficient (Wildman–Crippen LogP) is 2.08. The summed E-state index contributed by atoms with van der Waals surface area (Å²) in [5.74, 6) is 0.362. The Kier molecular flexibility index (Phi) is 3.61. The smallest absolute Gasteiger partial charge is 0.173 e. The van der Waals surface area contributed by atoms with E-state index in [9.17, 15) is 9.59 Å². The molecule has 1 aromatic carbocycles. The van der Waals surface area contributed by atoms with E-state index >= 15 is 0 Å². The molecule has 0 bridgehead atoms. The van der Waals surface area contributed by atoms with Gasteiger partial charge in [-0.2, -0.15) is 0 Å². The number of aryl methyl sites for hydroxylation is 2. The number of hydrogen-bond acceptors (Lipinski definition) is 3. The first kappa shape index (κ1) is 11.4. The second-order valence-electron chi connectivity index (χ2n) is 3.46. The number of ether oxygens (including phenoxy) is 1. The van der Waals surface area contributed by atoms with Gasteiger partial charge in [0.05, 0.1) is 19.1 Å². The summed E-state index contributed by atoms with van der Waals surface area (Å²) in [6.07, 6.45) is 0.513. The topological polar surface area (TPSA) is 43.4 Å². The van der Waals surface area contributed by atoms with Crippen molar-refractivity contribution in [2.24, 2.45) is 0 Å². The first-order chi connectivity index (χ1) is 7.10. The van der Waals surface area contributed by atoms with E-state index in [2.05, 4.69) is 0 Å². The molecule has 0 unspecified atom stereocenters. The van der Waals surface area contributed by atoms with Gasteiger partial charge in [-0.25, -0.2) is 0 Å². The second kappa shape index (κ2) is 4.73. The highest BCUT2D eigenvalue weighted by molar-refractivity contribution is 6.05. The molecule has 0 aromatic heterocycles. The Morgan fingerprint density at radius 3 is 2.60 bits per heavy atom. The van der Waals surface area contributed by atoms with Crippen LogP contribution in [0.2, 0.25) is 0 Å². The molecule has 0 spiro atoms. The first-order valence-electron chi connectivity index (χ1n) is 4.72. The maximum absolute atomic E-state index is 11.6. The Hall–Kier alpha value is -1.64. The molecule has 0 aliphatic heterocycles. The van der Waals surface area contributed by atoms with Gasteiger partial charge in [-0.3, -0.25) is 4.79 Å². The van der Waals surface area contributed by atoms with E-state index in [-0.39, 0.29) is 12.2 Å². The van der Waals surface area contributed by atoms with E-state index in [4.69, 9.17) is 4.74 Å². The van der Waals surface area contributed by atoms with Gasteiger partial charge in [-0.05, 0) is 31.0 Å². The van der Waals surface area contributed by atoms with Crippen LogP contribution in [0.5, 0.6) is 5.75 Å². The van der Waals surface area contributed by atoms with Gasteiger partial charge >= 0.3 is 0 Å². The lowest BCUT2D eigenvalue weighted by Gasteiger charge is -2.10. The maximum Gasteiger partial charge on any atom is 0.173 e. The zero-order valence-electron chi connectivity index (χ0n) is 9.16. The van der Waals surface area contributed by atoms with Crippen molar-refractivity contribution in [1.82, 2.24) is 0 Å². The van der Waals surface area contributed by atoms with Gasteiger partial charge in [0.2, 0.25) is 0 Å². The monoisotopic (exact) mass is 206 g/mol. The van der Waals surface area contributed by atoms with Crippen molar-refractivity contribution in [3.63, 3.8) is 0 Å². The summed E-state index contributed by atoms with van der Waals surface area (Å²) in [5, 5.41) is 0. The number of carbonyl (C=O) groups excluding carboxylic acids is 2. The molecule has 3 nitrogen and oxygen atoms in total. The van der Waals surface area contributed by atoms with Crippen molar-refractivity contribution >= 4 is 12.1 Å². The third-order valence-corrected chi connectivity index (χ3v) is 2.19. The van der Waals surface area contributed by atoms with E-state index in [0.717, 1.165) is 11.1 Å². The summed E-state index contributed by atoms with van der Waals surface area (Å²) in [4.78, 5) is 21.9. The maximum atomic E-state index is 11.6. The number of rotatable bonds is 4. The van der Waals surface area contributed by atoms with E-state index in [0.29, 0.717) is 17.6 Å². The summed E-state index contributed by atoms with van der Waals surface area (Å²) >= 11 is 0. The molecule has 0 heterocycles. The summed E-state index contributed by atoms with van der Waals surface area (Å²) in [5.41, 5.74) is 2.39. The van der Waals surface area contributed by atoms with Crippen molar-refractivity contribution < 1.29 is 14.3 Å². The normalized spacial score (nSPS) is 9.80. The lowest BCUT2D eigenvalue weighted by molar-refractivity contribution is -0.107. The second-order valence-corrected chi connectivity index (χ2v) is 3.46. The van der Waals surface area contributed by atoms with Crippen LogP contribution in [-0.2, 0) is 4.79 Å². The lowest BCUT2D eigenvalue weighted by atomic mass is 10.0. The van der Waals surface area contributed by atoms with Gasteiger partial charge in [-0.1, -0.05) is 6.07 Å². The van der Waals surface area contributed by atoms with Crippen LogP contribution in [0.4, 0.5) is 0 Å². The third kappa shape index (κ3) is 2.43. The Morgan fingerprint density at radius 2 is 2.07 bits per heavy atom. The molecular formula is C12H14O3. The Labute approximate surface area is 89.1 Å². The molecule has 0 aliphatic rings. The average Bonchev–Trinajstić information content (AvgIpc) is 2.17. The van der Waals surface area contributed by atoms with Crippen LogP contribution < -0.4 is 4.74 Å². The molecule has 1 aromatic rings. The summed E-state index contributed by atoms with van der Waals surface area (Å²) in [6.45, 7) is 3.79. The number of Topliss-reactive ketones (excluding diaryl/α,β-unsaturated/α-hetero) is 1. The number of carbonyl (C=O) groups is 2. The Morgan fingerprint density at radius 1 is 1.40 bits per heavy atom. The summed E-state index contributed by atoms with van der Waals surface area (Å²) in [7, 11) is 1.52. The molecule has 0 atom stereocenters. The zero-order valence-corrected chi connectivity index (χ0v) is 9.16. The molecule has 0 radical (unpaired) electrons. The SMILES string of the molecule is COc1c(C)cc(C)cc1C(=O)CC=O. The van der Waals surface area contributed by atoms with E-state index in [1.54, 1.807) is 6.07 Å². The van der Waals surface area contributed by atoms with Crippen LogP contribution in [0.15, 0.2) is 12.1 Å². The molecule has 1 rings (SSSR count). The minimum absolute atomic E-state index is 0.0980. The molecule has 0 saturated carbocycles. The van der Waals surface area contributed by atoms with Crippen molar-refractivity contribution in [2.75, 3.05) is 7.11 Å². The van der Waals surface area contributed by atoms with E-state index in [1.807, 2.05) is 19.9 Å². The lowest BCUT2D eigenvalue weighted by Crippen LogP contribution is -2.04. The van der Waals surface area contributed by atoms with Crippen LogP contribution in [0, 0.1) is 13.8 Å². The molecule has 0 amide bonds. The number of hydrogen-bond donors (Lipinski definition) is 0. The van der Waals surface area contributed by atoms with Crippen LogP contribution in [0.1, 0.15) is 27.9 Å². The van der Waals surface area contributed by atoms with Gasteiger partial charge in [0.1, 0.15) is 12.0 Å². The molecule has 0 fully saturated rings. The van der Waals surface area contributed by atoms with Crippen LogP contribution in [0.25, 0.3) is 0 Å². The Bertz CT molecular complexity index is 394. The third-order valence-electron chi connectivity index (χ3n) is 2.19. The Balaban J connectivity index is 3.25. The molecule has 3 heteroatoms. The van der Waals surface area contributed by atoms with Crippen LogP contribution >= 0.6 is 0 Å². The van der Waals surface area contributed by atoms with Gasteiger partial charge in [0, 0.05) is 0 Å². The number of aldehydes is 1. The quantitative estimate of drug-likeness (QED) is 0.430. The zero-order chi connectivity index (χ0) is 11.4. The molecule has 0 saturated heterocycles. The number of methoxy groups -OCH3 is 1. The van der Waals surface area contributed by atoms with Gasteiger partial charge in [-0.15, -0.1) is 0 Å².